The van der Waals surface area contributed by atoms with Crippen LogP contribution >= 0.6 is 0 Å². The van der Waals surface area contributed by atoms with Crippen molar-refractivity contribution in [3.05, 3.63) is 60.2 Å². The van der Waals surface area contributed by atoms with Crippen molar-refractivity contribution >= 4 is 11.8 Å². The zero-order valence-electron chi connectivity index (χ0n) is 15.7. The molecular weight excluding hydrogens is 356 g/mol. The van der Waals surface area contributed by atoms with Gasteiger partial charge in [-0.25, -0.2) is 0 Å². The normalized spacial score (nSPS) is 21.3. The van der Waals surface area contributed by atoms with Crippen LogP contribution in [0.5, 0.6) is 11.5 Å². The Hall–Kier alpha value is -3.02. The standard InChI is InChI=1S/C22H24N2O4/c25-19-8-4-5-9-20(19)28-15-21(26)23-10-12-24(13-11-23)22(27)18-14-17(18)16-6-2-1-3-7-16/h1-9,17-18,25H,10-15H2/t17-,18+/m0/s1. The smallest absolute Gasteiger partial charge is 0.260 e. The van der Waals surface area contributed by atoms with Gasteiger partial charge >= 0.3 is 0 Å². The molecule has 2 fully saturated rings. The second-order valence-electron chi connectivity index (χ2n) is 7.32. The largest absolute Gasteiger partial charge is 0.504 e. The number of nitrogens with zero attached hydrogens (tertiary/aromatic N) is 2. The molecule has 0 unspecified atom stereocenters. The Bertz CT molecular complexity index is 847. The number of hydrogen-bond acceptors (Lipinski definition) is 4. The quantitative estimate of drug-likeness (QED) is 0.864. The molecular formula is C22H24N2O4. The van der Waals surface area contributed by atoms with E-state index in [9.17, 15) is 14.7 Å². The maximum atomic E-state index is 12.7. The van der Waals surface area contributed by atoms with Gasteiger partial charge < -0.3 is 19.6 Å². The number of ether oxygens (including phenoxy) is 1. The lowest BCUT2D eigenvalue weighted by atomic mass is 10.1. The van der Waals surface area contributed by atoms with Crippen LogP contribution in [0.1, 0.15) is 17.9 Å². The molecule has 6 heteroatoms. The Labute approximate surface area is 164 Å². The highest BCUT2D eigenvalue weighted by Gasteiger charge is 2.46. The fourth-order valence-corrected chi connectivity index (χ4v) is 3.76. The number of carbonyl (C=O) groups is 2. The van der Waals surface area contributed by atoms with Crippen LogP contribution in [-0.4, -0.2) is 59.5 Å². The predicted octanol–water partition coefficient (Wildman–Crippen LogP) is 2.25. The molecule has 1 aliphatic heterocycles. The van der Waals surface area contributed by atoms with Crippen molar-refractivity contribution in [3.8, 4) is 11.5 Å². The molecule has 1 aliphatic carbocycles. The fourth-order valence-electron chi connectivity index (χ4n) is 3.76. The first kappa shape index (κ1) is 18.3. The molecule has 1 saturated heterocycles. The van der Waals surface area contributed by atoms with Gasteiger partial charge in [0.25, 0.3) is 5.91 Å². The van der Waals surface area contributed by atoms with Crippen LogP contribution < -0.4 is 4.74 Å². The van der Waals surface area contributed by atoms with Crippen LogP contribution in [0.15, 0.2) is 54.6 Å². The van der Waals surface area contributed by atoms with Gasteiger partial charge in [0.2, 0.25) is 5.91 Å². The Morgan fingerprint density at radius 2 is 1.57 bits per heavy atom. The van der Waals surface area contributed by atoms with E-state index in [1.165, 1.54) is 11.6 Å². The van der Waals surface area contributed by atoms with Gasteiger partial charge in [0.1, 0.15) is 0 Å². The number of phenolic OH excluding ortho intramolecular Hbond substituents is 1. The Balaban J connectivity index is 1.24. The van der Waals surface area contributed by atoms with Gasteiger partial charge in [-0.2, -0.15) is 0 Å². The number of piperazine rings is 1. The highest BCUT2D eigenvalue weighted by atomic mass is 16.5. The minimum absolute atomic E-state index is 0.0168. The third-order valence-corrected chi connectivity index (χ3v) is 5.50. The summed E-state index contributed by atoms with van der Waals surface area (Å²) in [6.45, 7) is 2.01. The molecule has 1 N–H and O–H groups in total. The first-order chi connectivity index (χ1) is 13.6. The second-order valence-corrected chi connectivity index (χ2v) is 7.32. The molecule has 2 atom stereocenters. The predicted molar refractivity (Wildman–Crippen MR) is 104 cm³/mol. The van der Waals surface area contributed by atoms with Crippen LogP contribution in [0.4, 0.5) is 0 Å². The van der Waals surface area contributed by atoms with Crippen LogP contribution in [-0.2, 0) is 9.59 Å². The summed E-state index contributed by atoms with van der Waals surface area (Å²) in [5.74, 6) is 0.790. The molecule has 1 heterocycles. The minimum atomic E-state index is -0.135. The highest BCUT2D eigenvalue weighted by molar-refractivity contribution is 5.83. The summed E-state index contributed by atoms with van der Waals surface area (Å²) in [6, 6.07) is 16.8. The monoisotopic (exact) mass is 380 g/mol. The number of rotatable bonds is 5. The summed E-state index contributed by atoms with van der Waals surface area (Å²) in [5, 5.41) is 9.70. The Morgan fingerprint density at radius 1 is 0.929 bits per heavy atom. The number of aromatic hydroxyl groups is 1. The maximum Gasteiger partial charge on any atom is 0.260 e. The molecule has 28 heavy (non-hydrogen) atoms. The summed E-state index contributed by atoms with van der Waals surface area (Å²) < 4.78 is 5.42. The third kappa shape index (κ3) is 3.96. The van der Waals surface area contributed by atoms with Crippen LogP contribution in [0, 0.1) is 5.92 Å². The molecule has 146 valence electrons. The average Bonchev–Trinajstić information content (AvgIpc) is 3.54. The van der Waals surface area contributed by atoms with Gasteiger partial charge in [-0.1, -0.05) is 42.5 Å². The fraction of sp³-hybridized carbons (Fsp3) is 0.364. The lowest BCUT2D eigenvalue weighted by Crippen LogP contribution is -2.52. The van der Waals surface area contributed by atoms with E-state index >= 15 is 0 Å². The van der Waals surface area contributed by atoms with Gasteiger partial charge in [0, 0.05) is 32.1 Å². The maximum absolute atomic E-state index is 12.7. The summed E-state index contributed by atoms with van der Waals surface area (Å²) in [6.07, 6.45) is 0.913. The van der Waals surface area contributed by atoms with E-state index in [1.54, 1.807) is 23.1 Å². The van der Waals surface area contributed by atoms with Gasteiger partial charge in [-0.15, -0.1) is 0 Å². The van der Waals surface area contributed by atoms with Crippen molar-refractivity contribution in [1.29, 1.82) is 0 Å². The van der Waals surface area contributed by atoms with Crippen molar-refractivity contribution in [1.82, 2.24) is 9.80 Å². The number of carbonyl (C=O) groups excluding carboxylic acids is 2. The number of phenols is 1. The molecule has 2 aromatic carbocycles. The SMILES string of the molecule is O=C(COc1ccccc1O)N1CCN(C(=O)[C@@H]2C[C@H]2c2ccccc2)CC1. The summed E-state index contributed by atoms with van der Waals surface area (Å²) in [7, 11) is 0. The summed E-state index contributed by atoms with van der Waals surface area (Å²) in [4.78, 5) is 28.7. The summed E-state index contributed by atoms with van der Waals surface area (Å²) >= 11 is 0. The highest BCUT2D eigenvalue weighted by Crippen LogP contribution is 2.48. The molecule has 0 radical (unpaired) electrons. The molecule has 2 aliphatic rings. The van der Waals surface area contributed by atoms with E-state index < -0.39 is 0 Å². The van der Waals surface area contributed by atoms with Crippen LogP contribution in [0.25, 0.3) is 0 Å². The number of benzene rings is 2. The third-order valence-electron chi connectivity index (χ3n) is 5.50. The zero-order chi connectivity index (χ0) is 19.5. The molecule has 1 saturated carbocycles. The van der Waals surface area contributed by atoms with E-state index in [-0.39, 0.29) is 30.1 Å². The van der Waals surface area contributed by atoms with E-state index in [0.29, 0.717) is 37.8 Å². The topological polar surface area (TPSA) is 70.1 Å². The number of hydrogen-bond donors (Lipinski definition) is 1. The van der Waals surface area contributed by atoms with Crippen molar-refractivity contribution < 1.29 is 19.4 Å². The van der Waals surface area contributed by atoms with E-state index in [0.717, 1.165) is 6.42 Å². The molecule has 0 aromatic heterocycles. The van der Waals surface area contributed by atoms with Gasteiger partial charge in [0.15, 0.2) is 18.1 Å². The average molecular weight is 380 g/mol. The lowest BCUT2D eigenvalue weighted by Gasteiger charge is -2.35. The van der Waals surface area contributed by atoms with Crippen LogP contribution in [0.3, 0.4) is 0 Å². The molecule has 4 rings (SSSR count). The van der Waals surface area contributed by atoms with Crippen molar-refractivity contribution in [2.24, 2.45) is 5.92 Å². The van der Waals surface area contributed by atoms with Crippen LogP contribution in [0.2, 0.25) is 0 Å². The van der Waals surface area contributed by atoms with Gasteiger partial charge in [0.05, 0.1) is 0 Å². The molecule has 6 nitrogen and oxygen atoms in total. The van der Waals surface area contributed by atoms with Gasteiger partial charge in [-0.3, -0.25) is 9.59 Å². The number of amides is 2. The molecule has 0 spiro atoms. The van der Waals surface area contributed by atoms with Crippen molar-refractivity contribution in [3.63, 3.8) is 0 Å². The summed E-state index contributed by atoms with van der Waals surface area (Å²) in [5.41, 5.74) is 1.23. The minimum Gasteiger partial charge on any atom is -0.504 e. The lowest BCUT2D eigenvalue weighted by molar-refractivity contribution is -0.141. The van der Waals surface area contributed by atoms with E-state index in [1.807, 2.05) is 23.1 Å². The first-order valence-electron chi connectivity index (χ1n) is 9.66. The van der Waals surface area contributed by atoms with E-state index in [4.69, 9.17) is 4.74 Å². The Kier molecular flexibility index (Phi) is 5.19. The molecule has 2 amide bonds. The van der Waals surface area contributed by atoms with Crippen molar-refractivity contribution in [2.75, 3.05) is 32.8 Å². The second kappa shape index (κ2) is 7.92. The zero-order valence-corrected chi connectivity index (χ0v) is 15.7. The molecule has 0 bridgehead atoms. The van der Waals surface area contributed by atoms with Crippen molar-refractivity contribution in [2.45, 2.75) is 12.3 Å². The van der Waals surface area contributed by atoms with E-state index in [2.05, 4.69) is 12.1 Å². The molecule has 2 aromatic rings. The number of para-hydroxylation sites is 2. The Morgan fingerprint density at radius 3 is 2.29 bits per heavy atom. The first-order valence-corrected chi connectivity index (χ1v) is 9.66. The van der Waals surface area contributed by atoms with Gasteiger partial charge in [-0.05, 0) is 30.0 Å².